The normalized spacial score (nSPS) is 18.7. The second-order valence-corrected chi connectivity index (χ2v) is 5.95. The van der Waals surface area contributed by atoms with Crippen molar-refractivity contribution in [3.63, 3.8) is 0 Å². The summed E-state index contributed by atoms with van der Waals surface area (Å²) < 4.78 is 0. The van der Waals surface area contributed by atoms with Crippen LogP contribution in [0.15, 0.2) is 17.5 Å². The van der Waals surface area contributed by atoms with Gasteiger partial charge in [0.15, 0.2) is 0 Å². The molecular formula is C13H22N2S. The van der Waals surface area contributed by atoms with Crippen LogP contribution >= 0.6 is 11.3 Å². The molecule has 0 unspecified atom stereocenters. The number of thiophene rings is 1. The summed E-state index contributed by atoms with van der Waals surface area (Å²) in [6, 6.07) is 4.35. The van der Waals surface area contributed by atoms with Gasteiger partial charge in [0.25, 0.3) is 0 Å². The molecule has 0 bridgehead atoms. The highest BCUT2D eigenvalue weighted by Crippen LogP contribution is 2.32. The van der Waals surface area contributed by atoms with E-state index >= 15 is 0 Å². The fourth-order valence-corrected chi connectivity index (χ4v) is 2.98. The molecule has 1 saturated carbocycles. The van der Waals surface area contributed by atoms with Gasteiger partial charge in [-0.2, -0.15) is 0 Å². The Morgan fingerprint density at radius 3 is 2.81 bits per heavy atom. The van der Waals surface area contributed by atoms with E-state index in [0.717, 1.165) is 26.1 Å². The van der Waals surface area contributed by atoms with Gasteiger partial charge < -0.3 is 5.73 Å². The molecule has 1 aromatic rings. The standard InChI is InChI=1S/C13H22N2S/c1-2-15(11-12-5-3-10-16-12)9-8-13(14)6-4-7-13/h3,5,10H,2,4,6-9,11,14H2,1H3. The second kappa shape index (κ2) is 5.30. The number of hydrogen-bond donors (Lipinski definition) is 1. The number of nitrogens with two attached hydrogens (primary N) is 1. The zero-order valence-electron chi connectivity index (χ0n) is 10.1. The Labute approximate surface area is 102 Å². The second-order valence-electron chi connectivity index (χ2n) is 4.91. The van der Waals surface area contributed by atoms with Crippen LogP contribution in [0.5, 0.6) is 0 Å². The molecular weight excluding hydrogens is 216 g/mol. The lowest BCUT2D eigenvalue weighted by molar-refractivity contribution is 0.182. The molecule has 0 aliphatic heterocycles. The average Bonchev–Trinajstić information content (AvgIpc) is 2.74. The average molecular weight is 238 g/mol. The lowest BCUT2D eigenvalue weighted by Gasteiger charge is -2.39. The summed E-state index contributed by atoms with van der Waals surface area (Å²) in [5, 5.41) is 2.15. The molecule has 2 N–H and O–H groups in total. The molecule has 1 heterocycles. The molecule has 3 heteroatoms. The molecule has 0 radical (unpaired) electrons. The van der Waals surface area contributed by atoms with Crippen molar-refractivity contribution in [2.45, 2.75) is 44.7 Å². The molecule has 16 heavy (non-hydrogen) atoms. The van der Waals surface area contributed by atoms with E-state index in [-0.39, 0.29) is 5.54 Å². The van der Waals surface area contributed by atoms with Crippen molar-refractivity contribution >= 4 is 11.3 Å². The molecule has 0 saturated heterocycles. The van der Waals surface area contributed by atoms with E-state index in [1.54, 1.807) is 0 Å². The quantitative estimate of drug-likeness (QED) is 0.825. The Kier molecular flexibility index (Phi) is 4.00. The minimum atomic E-state index is 0.170. The van der Waals surface area contributed by atoms with Crippen molar-refractivity contribution in [3.8, 4) is 0 Å². The molecule has 0 amide bonds. The number of hydrogen-bond acceptors (Lipinski definition) is 3. The molecule has 0 aromatic carbocycles. The van der Waals surface area contributed by atoms with Crippen LogP contribution < -0.4 is 5.73 Å². The third-order valence-corrected chi connectivity index (χ3v) is 4.54. The van der Waals surface area contributed by atoms with Gasteiger partial charge >= 0.3 is 0 Å². The van der Waals surface area contributed by atoms with Crippen LogP contribution in [0.1, 0.15) is 37.5 Å². The first-order valence-electron chi connectivity index (χ1n) is 6.25. The van der Waals surface area contributed by atoms with Gasteiger partial charge in [0, 0.05) is 23.5 Å². The van der Waals surface area contributed by atoms with Crippen molar-refractivity contribution in [3.05, 3.63) is 22.4 Å². The van der Waals surface area contributed by atoms with E-state index in [1.165, 1.54) is 24.1 Å². The third kappa shape index (κ3) is 3.06. The zero-order chi connectivity index (χ0) is 11.4. The SMILES string of the molecule is CCN(CCC1(N)CCC1)Cc1cccs1. The molecule has 1 aromatic heterocycles. The summed E-state index contributed by atoms with van der Waals surface area (Å²) in [7, 11) is 0. The maximum atomic E-state index is 6.26. The predicted octanol–water partition coefficient (Wildman–Crippen LogP) is 2.84. The highest BCUT2D eigenvalue weighted by molar-refractivity contribution is 7.09. The van der Waals surface area contributed by atoms with Gasteiger partial charge in [-0.05, 0) is 43.7 Å². The van der Waals surface area contributed by atoms with Gasteiger partial charge in [-0.25, -0.2) is 0 Å². The minimum absolute atomic E-state index is 0.170. The largest absolute Gasteiger partial charge is 0.325 e. The summed E-state index contributed by atoms with van der Waals surface area (Å²) in [6.07, 6.45) is 4.94. The van der Waals surface area contributed by atoms with Gasteiger partial charge in [-0.1, -0.05) is 13.0 Å². The van der Waals surface area contributed by atoms with Crippen molar-refractivity contribution < 1.29 is 0 Å². The van der Waals surface area contributed by atoms with Crippen LogP contribution in [0, 0.1) is 0 Å². The van der Waals surface area contributed by atoms with Crippen LogP contribution in [0.25, 0.3) is 0 Å². The maximum absolute atomic E-state index is 6.26. The van der Waals surface area contributed by atoms with Crippen LogP contribution in [-0.2, 0) is 6.54 Å². The van der Waals surface area contributed by atoms with Crippen LogP contribution in [0.4, 0.5) is 0 Å². The molecule has 0 atom stereocenters. The minimum Gasteiger partial charge on any atom is -0.325 e. The zero-order valence-corrected chi connectivity index (χ0v) is 10.9. The van der Waals surface area contributed by atoms with Gasteiger partial charge in [0.1, 0.15) is 0 Å². The summed E-state index contributed by atoms with van der Waals surface area (Å²) in [5.74, 6) is 0. The first-order chi connectivity index (χ1) is 7.72. The lowest BCUT2D eigenvalue weighted by Crippen LogP contribution is -2.48. The topological polar surface area (TPSA) is 29.3 Å². The predicted molar refractivity (Wildman–Crippen MR) is 70.7 cm³/mol. The maximum Gasteiger partial charge on any atom is 0.0327 e. The monoisotopic (exact) mass is 238 g/mol. The summed E-state index contributed by atoms with van der Waals surface area (Å²) in [4.78, 5) is 3.96. The lowest BCUT2D eigenvalue weighted by atomic mass is 9.75. The van der Waals surface area contributed by atoms with Gasteiger partial charge in [-0.15, -0.1) is 11.3 Å². The molecule has 2 rings (SSSR count). The van der Waals surface area contributed by atoms with E-state index in [0.29, 0.717) is 0 Å². The molecule has 1 aliphatic carbocycles. The summed E-state index contributed by atoms with van der Waals surface area (Å²) in [6.45, 7) is 5.58. The number of rotatable bonds is 6. The van der Waals surface area contributed by atoms with Crippen molar-refractivity contribution in [2.75, 3.05) is 13.1 Å². The summed E-state index contributed by atoms with van der Waals surface area (Å²) in [5.41, 5.74) is 6.42. The smallest absolute Gasteiger partial charge is 0.0327 e. The van der Waals surface area contributed by atoms with Crippen LogP contribution in [-0.4, -0.2) is 23.5 Å². The van der Waals surface area contributed by atoms with E-state index in [9.17, 15) is 0 Å². The van der Waals surface area contributed by atoms with E-state index < -0.39 is 0 Å². The van der Waals surface area contributed by atoms with Gasteiger partial charge in [0.2, 0.25) is 0 Å². The Morgan fingerprint density at radius 2 is 2.31 bits per heavy atom. The van der Waals surface area contributed by atoms with Gasteiger partial charge in [0.05, 0.1) is 0 Å². The van der Waals surface area contributed by atoms with E-state index in [1.807, 2.05) is 11.3 Å². The van der Waals surface area contributed by atoms with E-state index in [2.05, 4.69) is 29.3 Å². The van der Waals surface area contributed by atoms with Gasteiger partial charge in [-0.3, -0.25) is 4.90 Å². The number of nitrogens with zero attached hydrogens (tertiary/aromatic N) is 1. The highest BCUT2D eigenvalue weighted by atomic mass is 32.1. The fourth-order valence-electron chi connectivity index (χ4n) is 2.23. The summed E-state index contributed by atoms with van der Waals surface area (Å²) >= 11 is 1.85. The van der Waals surface area contributed by atoms with Crippen molar-refractivity contribution in [1.82, 2.24) is 4.90 Å². The molecule has 2 nitrogen and oxygen atoms in total. The van der Waals surface area contributed by atoms with E-state index in [4.69, 9.17) is 5.73 Å². The molecule has 90 valence electrons. The third-order valence-electron chi connectivity index (χ3n) is 3.68. The van der Waals surface area contributed by atoms with Crippen molar-refractivity contribution in [1.29, 1.82) is 0 Å². The Morgan fingerprint density at radius 1 is 1.50 bits per heavy atom. The highest BCUT2D eigenvalue weighted by Gasteiger charge is 2.32. The Bertz CT molecular complexity index is 304. The Balaban J connectivity index is 1.77. The van der Waals surface area contributed by atoms with Crippen LogP contribution in [0.3, 0.4) is 0 Å². The first-order valence-corrected chi connectivity index (χ1v) is 7.13. The molecule has 0 spiro atoms. The molecule has 1 aliphatic rings. The van der Waals surface area contributed by atoms with Crippen molar-refractivity contribution in [2.24, 2.45) is 5.73 Å². The Hall–Kier alpha value is -0.380. The van der Waals surface area contributed by atoms with Crippen LogP contribution in [0.2, 0.25) is 0 Å². The fraction of sp³-hybridized carbons (Fsp3) is 0.692. The first kappa shape index (κ1) is 12.1. The molecule has 1 fully saturated rings.